The molecule has 16 heavy (non-hydrogen) atoms. The molecule has 0 amide bonds. The maximum absolute atomic E-state index is 11.4. The van der Waals surface area contributed by atoms with Gasteiger partial charge in [-0.25, -0.2) is 4.79 Å². The van der Waals surface area contributed by atoms with Crippen molar-refractivity contribution in [3.8, 4) is 0 Å². The summed E-state index contributed by atoms with van der Waals surface area (Å²) in [5.74, 6) is -0.531. The van der Waals surface area contributed by atoms with Gasteiger partial charge in [-0.2, -0.15) is 0 Å². The Balaban J connectivity index is 2.96. The number of nitro groups is 1. The summed E-state index contributed by atoms with van der Waals surface area (Å²) in [6.07, 6.45) is 2.79. The van der Waals surface area contributed by atoms with Gasteiger partial charge < -0.3 is 4.74 Å². The van der Waals surface area contributed by atoms with Gasteiger partial charge in [0.25, 0.3) is 5.54 Å². The average Bonchev–Trinajstić information content (AvgIpc) is 2.22. The largest absolute Gasteiger partial charge is 0.463 e. The molecule has 88 valence electrons. The van der Waals surface area contributed by atoms with Crippen molar-refractivity contribution in [2.45, 2.75) is 25.8 Å². The molecule has 1 rings (SSSR count). The number of nitrogens with zero attached hydrogens (tertiary/aromatic N) is 1. The van der Waals surface area contributed by atoms with Crippen molar-refractivity contribution in [1.29, 1.82) is 0 Å². The van der Waals surface area contributed by atoms with Gasteiger partial charge in [-0.05, 0) is 13.0 Å². The normalized spacial score (nSPS) is 24.4. The van der Waals surface area contributed by atoms with Gasteiger partial charge in [0.2, 0.25) is 0 Å². The number of rotatable bonds is 3. The maximum Gasteiger partial charge on any atom is 0.334 e. The molecule has 0 bridgehead atoms. The summed E-state index contributed by atoms with van der Waals surface area (Å²) < 4.78 is 4.79. The molecule has 5 nitrogen and oxygen atoms in total. The quantitative estimate of drug-likeness (QED) is 0.433. The van der Waals surface area contributed by atoms with Crippen LogP contribution in [0.4, 0.5) is 0 Å². The minimum absolute atomic E-state index is 0.0475. The number of halogens is 1. The summed E-state index contributed by atoms with van der Waals surface area (Å²) in [5, 5.41) is 11.0. The highest BCUT2D eigenvalue weighted by molar-refractivity contribution is 6.31. The summed E-state index contributed by atoms with van der Waals surface area (Å²) in [6, 6.07) is 0. The predicted molar refractivity (Wildman–Crippen MR) is 58.7 cm³/mol. The average molecular weight is 246 g/mol. The predicted octanol–water partition coefficient (Wildman–Crippen LogP) is 2.04. The Hall–Kier alpha value is -1.36. The molecule has 0 aliphatic heterocycles. The Labute approximate surface area is 97.9 Å². The monoisotopic (exact) mass is 245 g/mol. The molecule has 0 N–H and O–H groups in total. The maximum atomic E-state index is 11.4. The topological polar surface area (TPSA) is 69.4 Å². The van der Waals surface area contributed by atoms with Gasteiger partial charge in [0, 0.05) is 17.4 Å². The molecule has 0 saturated heterocycles. The second-order valence-electron chi connectivity index (χ2n) is 3.63. The van der Waals surface area contributed by atoms with Crippen molar-refractivity contribution >= 4 is 17.6 Å². The lowest BCUT2D eigenvalue weighted by Gasteiger charge is -2.23. The van der Waals surface area contributed by atoms with E-state index in [1.165, 1.54) is 19.1 Å². The van der Waals surface area contributed by atoms with Gasteiger partial charge in [0.15, 0.2) is 0 Å². The number of ether oxygens (including phenoxy) is 1. The highest BCUT2D eigenvalue weighted by Crippen LogP contribution is 2.34. The van der Waals surface area contributed by atoms with Crippen LogP contribution in [0.3, 0.4) is 0 Å². The van der Waals surface area contributed by atoms with E-state index in [4.69, 9.17) is 16.3 Å². The van der Waals surface area contributed by atoms with E-state index in [0.29, 0.717) is 0 Å². The van der Waals surface area contributed by atoms with Crippen molar-refractivity contribution in [3.63, 3.8) is 0 Å². The van der Waals surface area contributed by atoms with Gasteiger partial charge in [-0.1, -0.05) is 17.7 Å². The molecule has 0 aromatic heterocycles. The lowest BCUT2D eigenvalue weighted by molar-refractivity contribution is -0.551. The molecule has 1 unspecified atom stereocenters. The van der Waals surface area contributed by atoms with Crippen molar-refractivity contribution in [2.24, 2.45) is 0 Å². The Kier molecular flexibility index (Phi) is 3.70. The first-order valence-corrected chi connectivity index (χ1v) is 5.18. The minimum Gasteiger partial charge on any atom is -0.463 e. The van der Waals surface area contributed by atoms with Crippen LogP contribution >= 0.6 is 11.6 Å². The highest BCUT2D eigenvalue weighted by atomic mass is 35.5. The van der Waals surface area contributed by atoms with Crippen molar-refractivity contribution in [1.82, 2.24) is 0 Å². The van der Waals surface area contributed by atoms with Crippen LogP contribution in [-0.2, 0) is 9.53 Å². The fourth-order valence-corrected chi connectivity index (χ4v) is 1.58. The molecule has 1 aliphatic rings. The van der Waals surface area contributed by atoms with Gasteiger partial charge in [-0.3, -0.25) is 10.1 Å². The number of hydrogen-bond acceptors (Lipinski definition) is 4. The zero-order valence-corrected chi connectivity index (χ0v) is 9.78. The van der Waals surface area contributed by atoms with Crippen LogP contribution in [0, 0.1) is 10.1 Å². The Morgan fingerprint density at radius 2 is 2.31 bits per heavy atom. The highest BCUT2D eigenvalue weighted by Gasteiger charge is 2.44. The van der Waals surface area contributed by atoms with Crippen LogP contribution in [0.5, 0.6) is 0 Å². The number of carbonyl (C=O) groups excluding carboxylic acids is 1. The molecule has 0 aromatic carbocycles. The summed E-state index contributed by atoms with van der Waals surface area (Å²) in [5.41, 5.74) is -1.16. The van der Waals surface area contributed by atoms with Crippen LogP contribution in [0.25, 0.3) is 0 Å². The smallest absolute Gasteiger partial charge is 0.334 e. The molecular formula is C10H12ClNO4. The lowest BCUT2D eigenvalue weighted by Crippen LogP contribution is -2.38. The van der Waals surface area contributed by atoms with E-state index in [1.807, 2.05) is 0 Å². The minimum atomic E-state index is -1.43. The molecular weight excluding hydrogens is 234 g/mol. The first kappa shape index (κ1) is 12.7. The molecule has 0 heterocycles. The number of esters is 1. The van der Waals surface area contributed by atoms with Crippen LogP contribution in [-0.4, -0.2) is 23.0 Å². The number of carbonyl (C=O) groups is 1. The van der Waals surface area contributed by atoms with E-state index in [-0.39, 0.29) is 23.6 Å². The first-order valence-electron chi connectivity index (χ1n) is 4.80. The fraction of sp³-hybridized carbons (Fsp3) is 0.500. The van der Waals surface area contributed by atoms with Crippen LogP contribution in [0.1, 0.15) is 20.3 Å². The number of allylic oxidation sites excluding steroid dienone is 2. The SMILES string of the molecule is CCOC(=O)C1=CC=C(Cl)C(C)([N+](=O)[O-])C1. The third-order valence-corrected chi connectivity index (χ3v) is 2.95. The summed E-state index contributed by atoms with van der Waals surface area (Å²) >= 11 is 5.79. The zero-order valence-electron chi connectivity index (χ0n) is 9.03. The second-order valence-corrected chi connectivity index (χ2v) is 4.04. The van der Waals surface area contributed by atoms with Crippen molar-refractivity contribution in [2.75, 3.05) is 6.61 Å². The van der Waals surface area contributed by atoms with E-state index in [9.17, 15) is 14.9 Å². The second kappa shape index (κ2) is 4.65. The summed E-state index contributed by atoms with van der Waals surface area (Å²) in [7, 11) is 0. The molecule has 0 radical (unpaired) electrons. The van der Waals surface area contributed by atoms with Crippen LogP contribution in [0.15, 0.2) is 22.8 Å². The Bertz CT molecular complexity index is 388. The molecule has 1 atom stereocenters. The van der Waals surface area contributed by atoms with E-state index in [2.05, 4.69) is 0 Å². The number of hydrogen-bond donors (Lipinski definition) is 0. The summed E-state index contributed by atoms with van der Waals surface area (Å²) in [4.78, 5) is 21.9. The zero-order chi connectivity index (χ0) is 12.3. The van der Waals surface area contributed by atoms with E-state index >= 15 is 0 Å². The molecule has 0 spiro atoms. The van der Waals surface area contributed by atoms with Gasteiger partial charge >= 0.3 is 5.97 Å². The molecule has 6 heteroatoms. The first-order chi connectivity index (χ1) is 7.41. The standard InChI is InChI=1S/C10H12ClNO4/c1-3-16-9(13)7-4-5-8(11)10(2,6-7)12(14)15/h4-5H,3,6H2,1-2H3. The van der Waals surface area contributed by atoms with Crippen LogP contribution < -0.4 is 0 Å². The lowest BCUT2D eigenvalue weighted by atomic mass is 9.88. The van der Waals surface area contributed by atoms with Crippen LogP contribution in [0.2, 0.25) is 0 Å². The molecule has 0 saturated carbocycles. The molecule has 1 aliphatic carbocycles. The van der Waals surface area contributed by atoms with E-state index < -0.39 is 16.4 Å². The third kappa shape index (κ3) is 2.24. The van der Waals surface area contributed by atoms with E-state index in [1.54, 1.807) is 6.92 Å². The van der Waals surface area contributed by atoms with Gasteiger partial charge in [-0.15, -0.1) is 0 Å². The molecule has 0 aromatic rings. The fourth-order valence-electron chi connectivity index (χ4n) is 1.38. The Morgan fingerprint density at radius 1 is 1.69 bits per heavy atom. The van der Waals surface area contributed by atoms with Gasteiger partial charge in [0.05, 0.1) is 18.1 Å². The third-order valence-electron chi connectivity index (χ3n) is 2.42. The summed E-state index contributed by atoms with van der Waals surface area (Å²) in [6.45, 7) is 3.30. The van der Waals surface area contributed by atoms with E-state index in [0.717, 1.165) is 0 Å². The van der Waals surface area contributed by atoms with Crippen molar-refractivity contribution in [3.05, 3.63) is 32.9 Å². The van der Waals surface area contributed by atoms with Gasteiger partial charge in [0.1, 0.15) is 0 Å². The Morgan fingerprint density at radius 3 is 2.81 bits per heavy atom. The van der Waals surface area contributed by atoms with Crippen molar-refractivity contribution < 1.29 is 14.5 Å². The molecule has 0 fully saturated rings.